The summed E-state index contributed by atoms with van der Waals surface area (Å²) in [6, 6.07) is 0.920. The number of carbonyl (C=O) groups is 5. The summed E-state index contributed by atoms with van der Waals surface area (Å²) in [5.41, 5.74) is 6.65. The zero-order chi connectivity index (χ0) is 27.3. The smallest absolute Gasteiger partial charge is 0.326 e. The number of aliphatic hydroxyl groups is 1. The summed E-state index contributed by atoms with van der Waals surface area (Å²) in [6.45, 7) is -0.869. The van der Waals surface area contributed by atoms with Crippen LogP contribution in [0.2, 0.25) is 0 Å². The number of aliphatic hydroxyl groups excluding tert-OH is 1. The molecule has 0 aromatic heterocycles. The third-order valence-electron chi connectivity index (χ3n) is 5.05. The molecular formula is C22H32N4O9S. The van der Waals surface area contributed by atoms with Gasteiger partial charge in [0.15, 0.2) is 0 Å². The Bertz CT molecular complexity index is 913. The highest BCUT2D eigenvalue weighted by atomic mass is 32.2. The van der Waals surface area contributed by atoms with Crippen LogP contribution in [-0.4, -0.2) is 92.9 Å². The van der Waals surface area contributed by atoms with Gasteiger partial charge < -0.3 is 42.1 Å². The van der Waals surface area contributed by atoms with Gasteiger partial charge in [-0.1, -0.05) is 12.1 Å². The van der Waals surface area contributed by atoms with Gasteiger partial charge in [0.25, 0.3) is 0 Å². The fraction of sp³-hybridized carbons (Fsp3) is 0.500. The van der Waals surface area contributed by atoms with Gasteiger partial charge in [0, 0.05) is 6.42 Å². The Balaban J connectivity index is 2.82. The van der Waals surface area contributed by atoms with Gasteiger partial charge in [-0.15, -0.1) is 0 Å². The van der Waals surface area contributed by atoms with E-state index in [4.69, 9.17) is 10.8 Å². The van der Waals surface area contributed by atoms with Crippen LogP contribution in [0.3, 0.4) is 0 Å². The maximum Gasteiger partial charge on any atom is 0.326 e. The molecule has 0 saturated carbocycles. The van der Waals surface area contributed by atoms with E-state index in [1.807, 2.05) is 0 Å². The minimum Gasteiger partial charge on any atom is -0.508 e. The number of carboxylic acids is 2. The molecule has 0 saturated heterocycles. The normalized spacial score (nSPS) is 14.1. The number of aliphatic carboxylic acids is 2. The summed E-state index contributed by atoms with van der Waals surface area (Å²) in [4.78, 5) is 59.9. The lowest BCUT2D eigenvalue weighted by molar-refractivity contribution is -0.143. The molecule has 0 bridgehead atoms. The molecule has 200 valence electrons. The number of hydrogen-bond acceptors (Lipinski definition) is 9. The zero-order valence-corrected chi connectivity index (χ0v) is 20.5. The Morgan fingerprint density at radius 3 is 1.97 bits per heavy atom. The van der Waals surface area contributed by atoms with Gasteiger partial charge in [-0.05, 0) is 49.0 Å². The topological polar surface area (TPSA) is 228 Å². The first-order chi connectivity index (χ1) is 17.0. The summed E-state index contributed by atoms with van der Waals surface area (Å²) >= 11 is 1.41. The van der Waals surface area contributed by atoms with E-state index < -0.39 is 73.3 Å². The van der Waals surface area contributed by atoms with Gasteiger partial charge in [0.1, 0.15) is 23.9 Å². The second-order valence-electron chi connectivity index (χ2n) is 7.90. The summed E-state index contributed by atoms with van der Waals surface area (Å²) in [5.74, 6) is -4.64. The number of carbonyl (C=O) groups excluding carboxylic acids is 3. The zero-order valence-electron chi connectivity index (χ0n) is 19.7. The number of aromatic hydroxyl groups is 1. The lowest BCUT2D eigenvalue weighted by Gasteiger charge is -2.24. The molecule has 4 unspecified atom stereocenters. The molecule has 0 heterocycles. The minimum absolute atomic E-state index is 0.0598. The summed E-state index contributed by atoms with van der Waals surface area (Å²) in [7, 11) is 0. The van der Waals surface area contributed by atoms with Crippen LogP contribution >= 0.6 is 11.8 Å². The summed E-state index contributed by atoms with van der Waals surface area (Å²) in [6.07, 6.45) is 1.20. The Labute approximate surface area is 211 Å². The lowest BCUT2D eigenvalue weighted by Crippen LogP contribution is -2.58. The maximum absolute atomic E-state index is 12.8. The average molecular weight is 529 g/mol. The highest BCUT2D eigenvalue weighted by Gasteiger charge is 2.30. The van der Waals surface area contributed by atoms with E-state index in [9.17, 15) is 39.3 Å². The fourth-order valence-corrected chi connectivity index (χ4v) is 3.50. The van der Waals surface area contributed by atoms with Crippen molar-refractivity contribution < 1.29 is 44.4 Å². The standard InChI is InChI=1S/C22H32N4O9S/c1-36-9-8-15(24-19(31)14(23)10-12-2-4-13(28)5-3-12)20(32)26-17(11-27)21(33)25-16(22(34)35)6-7-18(29)30/h2-5,14-17,27-28H,6-11,23H2,1H3,(H,24,31)(H,25,33)(H,26,32)(H,29,30)(H,34,35). The molecule has 0 aliphatic heterocycles. The highest BCUT2D eigenvalue weighted by Crippen LogP contribution is 2.11. The predicted molar refractivity (Wildman–Crippen MR) is 130 cm³/mol. The van der Waals surface area contributed by atoms with Crippen molar-refractivity contribution in [2.24, 2.45) is 5.73 Å². The lowest BCUT2D eigenvalue weighted by atomic mass is 10.0. The molecule has 13 nitrogen and oxygen atoms in total. The quantitative estimate of drug-likeness (QED) is 0.122. The Hall–Kier alpha value is -3.36. The third kappa shape index (κ3) is 10.9. The second-order valence-corrected chi connectivity index (χ2v) is 8.88. The number of thioether (sulfide) groups is 1. The minimum atomic E-state index is -1.54. The first-order valence-electron chi connectivity index (χ1n) is 11.0. The van der Waals surface area contributed by atoms with E-state index >= 15 is 0 Å². The number of phenols is 1. The van der Waals surface area contributed by atoms with Crippen molar-refractivity contribution in [3.05, 3.63) is 29.8 Å². The average Bonchev–Trinajstić information content (AvgIpc) is 2.83. The van der Waals surface area contributed by atoms with E-state index in [0.29, 0.717) is 11.3 Å². The number of rotatable bonds is 16. The molecule has 9 N–H and O–H groups in total. The van der Waals surface area contributed by atoms with Crippen molar-refractivity contribution >= 4 is 41.4 Å². The Kier molecular flexibility index (Phi) is 13.3. The molecule has 1 aromatic rings. The van der Waals surface area contributed by atoms with Gasteiger partial charge in [-0.2, -0.15) is 11.8 Å². The van der Waals surface area contributed by atoms with Gasteiger partial charge in [0.05, 0.1) is 12.6 Å². The van der Waals surface area contributed by atoms with Crippen molar-refractivity contribution in [1.29, 1.82) is 0 Å². The number of carboxylic acid groups (broad SMARTS) is 2. The van der Waals surface area contributed by atoms with Gasteiger partial charge >= 0.3 is 11.9 Å². The van der Waals surface area contributed by atoms with Crippen LogP contribution in [0.25, 0.3) is 0 Å². The number of amides is 3. The van der Waals surface area contributed by atoms with Crippen LogP contribution in [0.1, 0.15) is 24.8 Å². The highest BCUT2D eigenvalue weighted by molar-refractivity contribution is 7.98. The van der Waals surface area contributed by atoms with E-state index in [1.165, 1.54) is 23.9 Å². The number of phenolic OH excluding ortho intramolecular Hbond substituents is 1. The molecule has 0 radical (unpaired) electrons. The third-order valence-corrected chi connectivity index (χ3v) is 5.69. The first-order valence-corrected chi connectivity index (χ1v) is 12.4. The van der Waals surface area contributed by atoms with Gasteiger partial charge in [-0.25, -0.2) is 4.79 Å². The van der Waals surface area contributed by atoms with Crippen molar-refractivity contribution in [2.75, 3.05) is 18.6 Å². The maximum atomic E-state index is 12.8. The number of nitrogens with one attached hydrogen (secondary N) is 3. The summed E-state index contributed by atoms with van der Waals surface area (Å²) < 4.78 is 0. The van der Waals surface area contributed by atoms with Crippen molar-refractivity contribution in [3.8, 4) is 5.75 Å². The van der Waals surface area contributed by atoms with Gasteiger partial charge in [-0.3, -0.25) is 19.2 Å². The molecule has 0 spiro atoms. The van der Waals surface area contributed by atoms with E-state index in [-0.39, 0.29) is 18.6 Å². The monoisotopic (exact) mass is 528 g/mol. The van der Waals surface area contributed by atoms with E-state index in [2.05, 4.69) is 16.0 Å². The summed E-state index contributed by atoms with van der Waals surface area (Å²) in [5, 5.41) is 43.8. The number of hydrogen-bond donors (Lipinski definition) is 8. The largest absolute Gasteiger partial charge is 0.508 e. The van der Waals surface area contributed by atoms with Crippen LogP contribution in [0.15, 0.2) is 24.3 Å². The molecule has 0 fully saturated rings. The van der Waals surface area contributed by atoms with Crippen molar-refractivity contribution in [3.63, 3.8) is 0 Å². The second kappa shape index (κ2) is 15.6. The molecule has 1 rings (SSSR count). The molecule has 1 aromatic carbocycles. The van der Waals surface area contributed by atoms with E-state index in [1.54, 1.807) is 18.4 Å². The number of nitrogens with two attached hydrogens (primary N) is 1. The molecule has 14 heteroatoms. The number of benzene rings is 1. The molecule has 0 aliphatic rings. The van der Waals surface area contributed by atoms with Crippen molar-refractivity contribution in [2.45, 2.75) is 49.9 Å². The fourth-order valence-electron chi connectivity index (χ4n) is 3.03. The molecule has 0 aliphatic carbocycles. The van der Waals surface area contributed by atoms with Crippen LogP contribution in [-0.2, 0) is 30.4 Å². The van der Waals surface area contributed by atoms with E-state index in [0.717, 1.165) is 0 Å². The van der Waals surface area contributed by atoms with Crippen LogP contribution < -0.4 is 21.7 Å². The first kappa shape index (κ1) is 30.7. The Morgan fingerprint density at radius 2 is 1.44 bits per heavy atom. The van der Waals surface area contributed by atoms with Crippen molar-refractivity contribution in [1.82, 2.24) is 16.0 Å². The molecule has 3 amide bonds. The molecule has 4 atom stereocenters. The molecule has 36 heavy (non-hydrogen) atoms. The Morgan fingerprint density at radius 1 is 0.889 bits per heavy atom. The van der Waals surface area contributed by atoms with Crippen LogP contribution in [0, 0.1) is 0 Å². The predicted octanol–water partition coefficient (Wildman–Crippen LogP) is -1.59. The van der Waals surface area contributed by atoms with Gasteiger partial charge in [0.2, 0.25) is 17.7 Å². The SMILES string of the molecule is CSCCC(NC(=O)C(N)Cc1ccc(O)cc1)C(=O)NC(CO)C(=O)NC(CCC(=O)O)C(=O)O. The molecular weight excluding hydrogens is 496 g/mol. The van der Waals surface area contributed by atoms with Crippen LogP contribution in [0.5, 0.6) is 5.75 Å². The van der Waals surface area contributed by atoms with Crippen LogP contribution in [0.4, 0.5) is 0 Å².